The Morgan fingerprint density at radius 1 is 1.24 bits per heavy atom. The molecule has 0 radical (unpaired) electrons. The normalized spacial score (nSPS) is 23.2. The number of carbonyl (C=O) groups is 1. The van der Waals surface area contributed by atoms with Crippen LogP contribution in [0.2, 0.25) is 0 Å². The first-order valence-electron chi connectivity index (χ1n) is 9.66. The first kappa shape index (κ1) is 18.2. The molecule has 0 aliphatic carbocycles. The molecule has 0 spiro atoms. The van der Waals surface area contributed by atoms with Crippen molar-refractivity contribution in [3.8, 4) is 0 Å². The summed E-state index contributed by atoms with van der Waals surface area (Å²) >= 11 is 0. The lowest BCUT2D eigenvalue weighted by Crippen LogP contribution is -2.42. The number of carbonyl (C=O) groups excluding carboxylic acids is 1. The summed E-state index contributed by atoms with van der Waals surface area (Å²) in [4.78, 5) is 16.3. The van der Waals surface area contributed by atoms with Crippen molar-refractivity contribution >= 4 is 11.6 Å². The smallest absolute Gasteiger partial charge is 0.234 e. The average molecular weight is 345 g/mol. The van der Waals surface area contributed by atoms with E-state index in [0.717, 1.165) is 25.9 Å². The summed E-state index contributed by atoms with van der Waals surface area (Å²) in [5.74, 6) is -0.191. The topological polar surface area (TPSA) is 61.6 Å². The Kier molecular flexibility index (Phi) is 5.97. The largest absolute Gasteiger partial charge is 0.382 e. The number of nitrogens with one attached hydrogen (secondary N) is 1. The van der Waals surface area contributed by atoms with E-state index in [0.29, 0.717) is 12.1 Å². The van der Waals surface area contributed by atoms with E-state index in [2.05, 4.69) is 53.2 Å². The van der Waals surface area contributed by atoms with Crippen molar-refractivity contribution in [1.82, 2.24) is 9.80 Å². The highest BCUT2D eigenvalue weighted by atomic mass is 16.1. The molecule has 2 fully saturated rings. The number of nitrogens with zero attached hydrogens (tertiary/aromatic N) is 2. The Labute approximate surface area is 151 Å². The second-order valence-corrected chi connectivity index (χ2v) is 7.78. The van der Waals surface area contributed by atoms with Gasteiger partial charge in [0.15, 0.2) is 0 Å². The zero-order valence-electron chi connectivity index (χ0n) is 15.6. The fourth-order valence-corrected chi connectivity index (χ4v) is 4.13. The predicted molar refractivity (Wildman–Crippen MR) is 102 cm³/mol. The maximum Gasteiger partial charge on any atom is 0.234 e. The summed E-state index contributed by atoms with van der Waals surface area (Å²) < 4.78 is 0. The molecule has 2 saturated heterocycles. The second kappa shape index (κ2) is 8.19. The number of amides is 1. The van der Waals surface area contributed by atoms with Crippen molar-refractivity contribution < 1.29 is 4.79 Å². The molecule has 5 nitrogen and oxygen atoms in total. The highest BCUT2D eigenvalue weighted by Crippen LogP contribution is 2.23. The molecule has 25 heavy (non-hydrogen) atoms. The molecular formula is C20H32N4O. The third-order valence-electron chi connectivity index (χ3n) is 5.64. The Balaban J connectivity index is 1.56. The lowest BCUT2D eigenvalue weighted by Gasteiger charge is -2.35. The van der Waals surface area contributed by atoms with E-state index in [9.17, 15) is 4.79 Å². The molecule has 0 unspecified atom stereocenters. The van der Waals surface area contributed by atoms with Crippen LogP contribution in [-0.2, 0) is 11.3 Å². The van der Waals surface area contributed by atoms with Crippen molar-refractivity contribution in [2.24, 2.45) is 5.73 Å². The first-order valence-corrected chi connectivity index (χ1v) is 9.66. The average Bonchev–Trinajstić information content (AvgIpc) is 3.04. The summed E-state index contributed by atoms with van der Waals surface area (Å²) in [5, 5.41) is 3.70. The highest BCUT2D eigenvalue weighted by molar-refractivity contribution is 5.80. The molecule has 3 rings (SSSR count). The van der Waals surface area contributed by atoms with E-state index in [1.165, 1.54) is 37.2 Å². The molecule has 3 N–H and O–H groups in total. The minimum Gasteiger partial charge on any atom is -0.382 e. The molecule has 1 aromatic carbocycles. The van der Waals surface area contributed by atoms with Gasteiger partial charge in [0.25, 0.3) is 0 Å². The van der Waals surface area contributed by atoms with Crippen LogP contribution in [0.15, 0.2) is 24.3 Å². The van der Waals surface area contributed by atoms with E-state index in [1.807, 2.05) is 0 Å². The second-order valence-electron chi connectivity index (χ2n) is 7.78. The van der Waals surface area contributed by atoms with Crippen LogP contribution in [-0.4, -0.2) is 53.5 Å². The van der Waals surface area contributed by atoms with E-state index >= 15 is 0 Å². The van der Waals surface area contributed by atoms with Gasteiger partial charge in [-0.25, -0.2) is 0 Å². The molecule has 5 heteroatoms. The molecule has 2 aliphatic heterocycles. The van der Waals surface area contributed by atoms with Crippen molar-refractivity contribution in [1.29, 1.82) is 0 Å². The van der Waals surface area contributed by atoms with Crippen molar-refractivity contribution in [3.63, 3.8) is 0 Å². The molecule has 2 aliphatic rings. The van der Waals surface area contributed by atoms with Crippen LogP contribution >= 0.6 is 0 Å². The standard InChI is InChI=1S/C20H32N4O/c1-15(2)23-11-8-17(9-12-23)22-18-6-3-5-16(13-18)14-24-10-4-7-19(24)20(21)25/h3,5-6,13,15,17,19,22H,4,7-12,14H2,1-2H3,(H2,21,25)/t19-/m0/s1. The summed E-state index contributed by atoms with van der Waals surface area (Å²) in [5.41, 5.74) is 7.97. The first-order chi connectivity index (χ1) is 12.0. The number of piperidine rings is 1. The maximum atomic E-state index is 11.6. The highest BCUT2D eigenvalue weighted by Gasteiger charge is 2.28. The van der Waals surface area contributed by atoms with Crippen molar-refractivity contribution in [3.05, 3.63) is 29.8 Å². The quantitative estimate of drug-likeness (QED) is 0.832. The molecule has 1 aromatic rings. The fraction of sp³-hybridized carbons (Fsp3) is 0.650. The van der Waals surface area contributed by atoms with Crippen molar-refractivity contribution in [2.45, 2.75) is 64.2 Å². The van der Waals surface area contributed by atoms with Gasteiger partial charge in [-0.1, -0.05) is 12.1 Å². The lowest BCUT2D eigenvalue weighted by molar-refractivity contribution is -0.122. The van der Waals surface area contributed by atoms with Gasteiger partial charge < -0.3 is 16.0 Å². The number of hydrogen-bond acceptors (Lipinski definition) is 4. The van der Waals surface area contributed by atoms with Crippen LogP contribution in [0.5, 0.6) is 0 Å². The number of nitrogens with two attached hydrogens (primary N) is 1. The van der Waals surface area contributed by atoms with Gasteiger partial charge in [0.05, 0.1) is 6.04 Å². The number of primary amides is 1. The van der Waals surface area contributed by atoms with E-state index in [1.54, 1.807) is 0 Å². The molecule has 0 saturated carbocycles. The number of likely N-dealkylation sites (tertiary alicyclic amines) is 2. The number of hydrogen-bond donors (Lipinski definition) is 2. The van der Waals surface area contributed by atoms with Crippen LogP contribution in [0.1, 0.15) is 45.1 Å². The minimum atomic E-state index is -0.191. The summed E-state index contributed by atoms with van der Waals surface area (Å²) in [7, 11) is 0. The van der Waals surface area contributed by atoms with Crippen LogP contribution in [0, 0.1) is 0 Å². The molecule has 1 amide bonds. The molecule has 0 bridgehead atoms. The van der Waals surface area contributed by atoms with Gasteiger partial charge in [-0.2, -0.15) is 0 Å². The van der Waals surface area contributed by atoms with Crippen LogP contribution < -0.4 is 11.1 Å². The third-order valence-corrected chi connectivity index (χ3v) is 5.64. The van der Waals surface area contributed by atoms with E-state index in [-0.39, 0.29) is 11.9 Å². The summed E-state index contributed by atoms with van der Waals surface area (Å²) in [6.45, 7) is 8.64. The summed E-state index contributed by atoms with van der Waals surface area (Å²) in [6.07, 6.45) is 4.33. The van der Waals surface area contributed by atoms with Gasteiger partial charge >= 0.3 is 0 Å². The third kappa shape index (κ3) is 4.73. The Morgan fingerprint density at radius 3 is 2.68 bits per heavy atom. The van der Waals surface area contributed by atoms with Gasteiger partial charge in [0, 0.05) is 37.4 Å². The Morgan fingerprint density at radius 2 is 2.00 bits per heavy atom. The number of rotatable bonds is 6. The maximum absolute atomic E-state index is 11.6. The van der Waals surface area contributed by atoms with Gasteiger partial charge in [-0.05, 0) is 63.8 Å². The zero-order chi connectivity index (χ0) is 17.8. The minimum absolute atomic E-state index is 0.100. The molecule has 0 aromatic heterocycles. The van der Waals surface area contributed by atoms with E-state index < -0.39 is 0 Å². The van der Waals surface area contributed by atoms with Crippen LogP contribution in [0.25, 0.3) is 0 Å². The Hall–Kier alpha value is -1.59. The van der Waals surface area contributed by atoms with Gasteiger partial charge in [0.1, 0.15) is 0 Å². The lowest BCUT2D eigenvalue weighted by atomic mass is 10.0. The molecular weight excluding hydrogens is 312 g/mol. The molecule has 138 valence electrons. The number of benzene rings is 1. The van der Waals surface area contributed by atoms with Gasteiger partial charge in [-0.15, -0.1) is 0 Å². The van der Waals surface area contributed by atoms with Crippen LogP contribution in [0.3, 0.4) is 0 Å². The predicted octanol–water partition coefficient (Wildman–Crippen LogP) is 2.42. The van der Waals surface area contributed by atoms with E-state index in [4.69, 9.17) is 5.73 Å². The van der Waals surface area contributed by atoms with Crippen LogP contribution in [0.4, 0.5) is 5.69 Å². The Bertz CT molecular complexity index is 581. The zero-order valence-corrected chi connectivity index (χ0v) is 15.6. The van der Waals surface area contributed by atoms with Crippen molar-refractivity contribution in [2.75, 3.05) is 25.0 Å². The fourth-order valence-electron chi connectivity index (χ4n) is 4.13. The summed E-state index contributed by atoms with van der Waals surface area (Å²) in [6, 6.07) is 9.72. The monoisotopic (exact) mass is 344 g/mol. The molecule has 2 heterocycles. The SMILES string of the molecule is CC(C)N1CCC(Nc2cccc(CN3CCC[C@H]3C(N)=O)c2)CC1. The molecule has 1 atom stereocenters. The van der Waals surface area contributed by atoms with Gasteiger partial charge in [-0.3, -0.25) is 9.69 Å². The number of anilines is 1. The van der Waals surface area contributed by atoms with Gasteiger partial charge in [0.2, 0.25) is 5.91 Å².